The topological polar surface area (TPSA) is 106 Å². The van der Waals surface area contributed by atoms with Crippen molar-refractivity contribution in [2.45, 2.75) is 12.5 Å². The first-order valence-electron chi connectivity index (χ1n) is 10.5. The lowest BCUT2D eigenvalue weighted by molar-refractivity contribution is 0.116. The molecule has 1 aliphatic heterocycles. The Morgan fingerprint density at radius 3 is 2.75 bits per heavy atom. The van der Waals surface area contributed by atoms with Crippen LogP contribution >= 0.6 is 0 Å². The van der Waals surface area contributed by atoms with Crippen LogP contribution < -0.4 is 15.5 Å². The average Bonchev–Trinajstić information content (AvgIpc) is 3.46. The van der Waals surface area contributed by atoms with Gasteiger partial charge in [-0.25, -0.2) is 14.8 Å². The molecule has 32 heavy (non-hydrogen) atoms. The predicted octanol–water partition coefficient (Wildman–Crippen LogP) is 2.84. The SMILES string of the molecule is COCCC(COC)n1cc(Nc2ccnc(-c3ccc(N4CCNC4=O)cc3)n2)cn1. The zero-order chi connectivity index (χ0) is 22.3. The lowest BCUT2D eigenvalue weighted by Gasteiger charge is -2.16. The van der Waals surface area contributed by atoms with Gasteiger partial charge in [0.05, 0.1) is 24.5 Å². The molecule has 4 rings (SSSR count). The molecule has 2 amide bonds. The van der Waals surface area contributed by atoms with Crippen molar-refractivity contribution in [3.05, 3.63) is 48.9 Å². The molecule has 0 radical (unpaired) electrons. The molecule has 1 fully saturated rings. The van der Waals surface area contributed by atoms with E-state index in [2.05, 4.69) is 25.7 Å². The van der Waals surface area contributed by atoms with Gasteiger partial charge in [-0.3, -0.25) is 9.58 Å². The fourth-order valence-corrected chi connectivity index (χ4v) is 3.56. The van der Waals surface area contributed by atoms with Crippen LogP contribution in [0.3, 0.4) is 0 Å². The number of rotatable bonds is 10. The number of amides is 2. The normalized spacial score (nSPS) is 14.4. The third-order valence-corrected chi connectivity index (χ3v) is 5.21. The summed E-state index contributed by atoms with van der Waals surface area (Å²) in [5.74, 6) is 1.26. The van der Waals surface area contributed by atoms with E-state index < -0.39 is 0 Å². The minimum absolute atomic E-state index is 0.0734. The third kappa shape index (κ3) is 5.04. The summed E-state index contributed by atoms with van der Waals surface area (Å²) in [7, 11) is 3.36. The summed E-state index contributed by atoms with van der Waals surface area (Å²) in [5.41, 5.74) is 2.54. The number of nitrogens with one attached hydrogen (secondary N) is 2. The summed E-state index contributed by atoms with van der Waals surface area (Å²) in [5, 5.41) is 10.5. The Morgan fingerprint density at radius 1 is 1.19 bits per heavy atom. The van der Waals surface area contributed by atoms with Crippen molar-refractivity contribution in [1.29, 1.82) is 0 Å². The van der Waals surface area contributed by atoms with E-state index in [4.69, 9.17) is 9.47 Å². The molecule has 0 bridgehead atoms. The van der Waals surface area contributed by atoms with Gasteiger partial charge < -0.3 is 20.1 Å². The van der Waals surface area contributed by atoms with Crippen LogP contribution in [0.2, 0.25) is 0 Å². The highest BCUT2D eigenvalue weighted by molar-refractivity contribution is 5.94. The standard InChI is InChI=1S/C22H27N7O3/c1-31-12-8-19(15-32-2)29-14-17(13-25-29)26-20-7-9-23-21(27-20)16-3-5-18(6-4-16)28-11-10-24-22(28)30/h3-7,9,13-14,19H,8,10-12,15H2,1-2H3,(H,24,30)(H,23,26,27). The first kappa shape index (κ1) is 21.7. The zero-order valence-electron chi connectivity index (χ0n) is 18.2. The van der Waals surface area contributed by atoms with E-state index in [0.29, 0.717) is 37.9 Å². The van der Waals surface area contributed by atoms with E-state index in [1.807, 2.05) is 35.1 Å². The molecule has 1 atom stereocenters. The number of aromatic nitrogens is 4. The van der Waals surface area contributed by atoms with Crippen LogP contribution in [0.4, 0.5) is 22.0 Å². The predicted molar refractivity (Wildman–Crippen MR) is 121 cm³/mol. The molecule has 0 saturated carbocycles. The summed E-state index contributed by atoms with van der Waals surface area (Å²) in [4.78, 5) is 22.6. The van der Waals surface area contributed by atoms with E-state index in [9.17, 15) is 4.79 Å². The maximum Gasteiger partial charge on any atom is 0.321 e. The minimum Gasteiger partial charge on any atom is -0.385 e. The number of anilines is 3. The number of urea groups is 1. The molecule has 2 aromatic heterocycles. The van der Waals surface area contributed by atoms with Crippen LogP contribution in [-0.2, 0) is 9.47 Å². The van der Waals surface area contributed by atoms with Crippen molar-refractivity contribution in [1.82, 2.24) is 25.1 Å². The van der Waals surface area contributed by atoms with Crippen molar-refractivity contribution >= 4 is 23.2 Å². The molecule has 0 aliphatic carbocycles. The fraction of sp³-hybridized carbons (Fsp3) is 0.364. The van der Waals surface area contributed by atoms with Crippen LogP contribution in [0.5, 0.6) is 0 Å². The van der Waals surface area contributed by atoms with Crippen molar-refractivity contribution in [2.24, 2.45) is 0 Å². The number of methoxy groups -OCH3 is 2. The molecule has 10 nitrogen and oxygen atoms in total. The van der Waals surface area contributed by atoms with Crippen LogP contribution in [0.25, 0.3) is 11.4 Å². The number of carbonyl (C=O) groups is 1. The molecule has 1 aliphatic rings. The van der Waals surface area contributed by atoms with Gasteiger partial charge in [-0.05, 0) is 36.8 Å². The molecular weight excluding hydrogens is 410 g/mol. The smallest absolute Gasteiger partial charge is 0.321 e. The Kier molecular flexibility index (Phi) is 6.93. The Labute approximate surface area is 186 Å². The van der Waals surface area contributed by atoms with Crippen molar-refractivity contribution in [3.63, 3.8) is 0 Å². The van der Waals surface area contributed by atoms with E-state index in [-0.39, 0.29) is 12.1 Å². The monoisotopic (exact) mass is 437 g/mol. The van der Waals surface area contributed by atoms with E-state index in [0.717, 1.165) is 23.4 Å². The minimum atomic E-state index is -0.0734. The van der Waals surface area contributed by atoms with Crippen molar-refractivity contribution in [3.8, 4) is 11.4 Å². The van der Waals surface area contributed by atoms with E-state index in [1.165, 1.54) is 0 Å². The molecule has 0 spiro atoms. The first-order chi connectivity index (χ1) is 15.7. The molecule has 3 heterocycles. The maximum absolute atomic E-state index is 11.8. The molecule has 1 aromatic carbocycles. The quantitative estimate of drug-likeness (QED) is 0.502. The van der Waals surface area contributed by atoms with Crippen LogP contribution in [0.15, 0.2) is 48.9 Å². The van der Waals surface area contributed by atoms with Crippen molar-refractivity contribution < 1.29 is 14.3 Å². The first-order valence-corrected chi connectivity index (χ1v) is 10.5. The van der Waals surface area contributed by atoms with Gasteiger partial charge in [0, 0.05) is 57.6 Å². The molecule has 168 valence electrons. The van der Waals surface area contributed by atoms with Gasteiger partial charge in [0.15, 0.2) is 5.82 Å². The Hall–Kier alpha value is -3.50. The van der Waals surface area contributed by atoms with Gasteiger partial charge >= 0.3 is 6.03 Å². The van der Waals surface area contributed by atoms with Crippen LogP contribution in [-0.4, -0.2) is 66.3 Å². The molecule has 3 aromatic rings. The molecule has 10 heteroatoms. The Balaban J connectivity index is 1.45. The highest BCUT2D eigenvalue weighted by Gasteiger charge is 2.21. The van der Waals surface area contributed by atoms with Crippen LogP contribution in [0, 0.1) is 0 Å². The summed E-state index contributed by atoms with van der Waals surface area (Å²) < 4.78 is 12.4. The number of carbonyl (C=O) groups excluding carboxylic acids is 1. The Bertz CT molecular complexity index is 1040. The largest absolute Gasteiger partial charge is 0.385 e. The van der Waals surface area contributed by atoms with Gasteiger partial charge in [0.1, 0.15) is 5.82 Å². The average molecular weight is 438 g/mol. The number of hydrogen-bond donors (Lipinski definition) is 2. The van der Waals surface area contributed by atoms with Gasteiger partial charge in [-0.1, -0.05) is 0 Å². The molecular formula is C22H27N7O3. The molecule has 1 unspecified atom stereocenters. The van der Waals surface area contributed by atoms with Gasteiger partial charge in [-0.15, -0.1) is 0 Å². The van der Waals surface area contributed by atoms with E-state index >= 15 is 0 Å². The molecule has 1 saturated heterocycles. The summed E-state index contributed by atoms with van der Waals surface area (Å²) in [6.07, 6.45) is 6.20. The second kappa shape index (κ2) is 10.2. The maximum atomic E-state index is 11.8. The number of nitrogens with zero attached hydrogens (tertiary/aromatic N) is 5. The number of benzene rings is 1. The van der Waals surface area contributed by atoms with Gasteiger partial charge in [0.2, 0.25) is 0 Å². The lowest BCUT2D eigenvalue weighted by Crippen LogP contribution is -2.27. The Morgan fingerprint density at radius 2 is 2.03 bits per heavy atom. The third-order valence-electron chi connectivity index (χ3n) is 5.21. The number of hydrogen-bond acceptors (Lipinski definition) is 7. The van der Waals surface area contributed by atoms with Crippen LogP contribution in [0.1, 0.15) is 12.5 Å². The second-order valence-corrected chi connectivity index (χ2v) is 7.42. The van der Waals surface area contributed by atoms with Gasteiger partial charge in [-0.2, -0.15) is 5.10 Å². The summed E-state index contributed by atoms with van der Waals surface area (Å²) >= 11 is 0. The van der Waals surface area contributed by atoms with Gasteiger partial charge in [0.25, 0.3) is 0 Å². The zero-order valence-corrected chi connectivity index (χ0v) is 18.2. The summed E-state index contributed by atoms with van der Waals surface area (Å²) in [6.45, 7) is 2.51. The molecule has 2 N–H and O–H groups in total. The highest BCUT2D eigenvalue weighted by Crippen LogP contribution is 2.24. The summed E-state index contributed by atoms with van der Waals surface area (Å²) in [6, 6.07) is 9.48. The second-order valence-electron chi connectivity index (χ2n) is 7.42. The fourth-order valence-electron chi connectivity index (χ4n) is 3.56. The lowest BCUT2D eigenvalue weighted by atomic mass is 10.2. The van der Waals surface area contributed by atoms with E-state index in [1.54, 1.807) is 37.6 Å². The highest BCUT2D eigenvalue weighted by atomic mass is 16.5. The number of ether oxygens (including phenoxy) is 2. The van der Waals surface area contributed by atoms with Crippen molar-refractivity contribution in [2.75, 3.05) is 50.7 Å².